The molecular weight excluding hydrogens is 389 g/mol. The first-order valence-electron chi connectivity index (χ1n) is 8.22. The SMILES string of the molecule is O=C(Nc1ccc(O)c([N+](=O)[O-])c1)c1ccccc1-c1ccc(C(F)(F)F)cc1. The minimum atomic E-state index is -4.47. The maximum absolute atomic E-state index is 12.8. The average molecular weight is 402 g/mol. The van der Waals surface area contributed by atoms with Crippen LogP contribution in [0.3, 0.4) is 0 Å². The summed E-state index contributed by atoms with van der Waals surface area (Å²) in [5.74, 6) is -1.15. The van der Waals surface area contributed by atoms with Crippen LogP contribution in [0.2, 0.25) is 0 Å². The molecule has 0 aromatic heterocycles. The Morgan fingerprint density at radius 2 is 1.66 bits per heavy atom. The van der Waals surface area contributed by atoms with Gasteiger partial charge in [0.2, 0.25) is 0 Å². The lowest BCUT2D eigenvalue weighted by Crippen LogP contribution is -2.13. The lowest BCUT2D eigenvalue weighted by atomic mass is 9.98. The number of hydrogen-bond acceptors (Lipinski definition) is 4. The van der Waals surface area contributed by atoms with E-state index < -0.39 is 34.0 Å². The predicted octanol–water partition coefficient (Wildman–Crippen LogP) is 5.24. The Kier molecular flexibility index (Phi) is 5.22. The van der Waals surface area contributed by atoms with E-state index in [9.17, 15) is 33.2 Å². The van der Waals surface area contributed by atoms with Crippen molar-refractivity contribution < 1.29 is 28.0 Å². The molecule has 0 aliphatic carbocycles. The Morgan fingerprint density at radius 1 is 1.00 bits per heavy atom. The number of halogens is 3. The van der Waals surface area contributed by atoms with Crippen molar-refractivity contribution in [1.29, 1.82) is 0 Å². The Labute approximate surface area is 162 Å². The highest BCUT2D eigenvalue weighted by Gasteiger charge is 2.30. The number of amides is 1. The Hall–Kier alpha value is -3.88. The van der Waals surface area contributed by atoms with Crippen molar-refractivity contribution >= 4 is 17.3 Å². The number of aromatic hydroxyl groups is 1. The lowest BCUT2D eigenvalue weighted by Gasteiger charge is -2.12. The van der Waals surface area contributed by atoms with E-state index >= 15 is 0 Å². The third-order valence-electron chi connectivity index (χ3n) is 4.12. The van der Waals surface area contributed by atoms with Crippen LogP contribution in [0, 0.1) is 10.1 Å². The van der Waals surface area contributed by atoms with Crippen molar-refractivity contribution in [2.24, 2.45) is 0 Å². The molecule has 0 aliphatic rings. The molecule has 0 bridgehead atoms. The molecule has 6 nitrogen and oxygen atoms in total. The largest absolute Gasteiger partial charge is 0.502 e. The van der Waals surface area contributed by atoms with Crippen LogP contribution in [0.5, 0.6) is 5.75 Å². The van der Waals surface area contributed by atoms with Gasteiger partial charge in [0.1, 0.15) is 0 Å². The molecule has 3 aromatic carbocycles. The van der Waals surface area contributed by atoms with Crippen LogP contribution in [0.1, 0.15) is 15.9 Å². The molecule has 0 radical (unpaired) electrons. The van der Waals surface area contributed by atoms with Crippen LogP contribution in [0.4, 0.5) is 24.5 Å². The second-order valence-corrected chi connectivity index (χ2v) is 6.04. The normalized spacial score (nSPS) is 11.1. The van der Waals surface area contributed by atoms with Gasteiger partial charge in [-0.2, -0.15) is 13.2 Å². The van der Waals surface area contributed by atoms with Gasteiger partial charge in [-0.3, -0.25) is 14.9 Å². The summed E-state index contributed by atoms with van der Waals surface area (Å²) in [5, 5.41) is 22.9. The Balaban J connectivity index is 1.92. The molecule has 0 spiro atoms. The Bertz CT molecular complexity index is 1080. The van der Waals surface area contributed by atoms with Gasteiger partial charge < -0.3 is 10.4 Å². The molecule has 29 heavy (non-hydrogen) atoms. The molecule has 0 fully saturated rings. The van der Waals surface area contributed by atoms with Crippen molar-refractivity contribution in [2.75, 3.05) is 5.32 Å². The number of nitrogens with one attached hydrogen (secondary N) is 1. The summed E-state index contributed by atoms with van der Waals surface area (Å²) < 4.78 is 38.3. The topological polar surface area (TPSA) is 92.5 Å². The summed E-state index contributed by atoms with van der Waals surface area (Å²) in [6, 6.07) is 14.0. The molecular formula is C20H13F3N2O4. The second kappa shape index (κ2) is 7.63. The van der Waals surface area contributed by atoms with Crippen LogP contribution in [0.25, 0.3) is 11.1 Å². The zero-order valence-corrected chi connectivity index (χ0v) is 14.6. The van der Waals surface area contributed by atoms with E-state index in [1.165, 1.54) is 24.3 Å². The number of anilines is 1. The van der Waals surface area contributed by atoms with E-state index in [-0.39, 0.29) is 11.3 Å². The number of carbonyl (C=O) groups excluding carboxylic acids is 1. The summed E-state index contributed by atoms with van der Waals surface area (Å²) >= 11 is 0. The highest BCUT2D eigenvalue weighted by atomic mass is 19.4. The number of alkyl halides is 3. The van der Waals surface area contributed by atoms with E-state index in [1.54, 1.807) is 18.2 Å². The lowest BCUT2D eigenvalue weighted by molar-refractivity contribution is -0.385. The van der Waals surface area contributed by atoms with Gasteiger partial charge >= 0.3 is 11.9 Å². The average Bonchev–Trinajstić information content (AvgIpc) is 2.68. The van der Waals surface area contributed by atoms with E-state index in [0.717, 1.165) is 24.3 Å². The first-order chi connectivity index (χ1) is 13.7. The van der Waals surface area contributed by atoms with E-state index in [0.29, 0.717) is 11.1 Å². The fraction of sp³-hybridized carbons (Fsp3) is 0.0500. The van der Waals surface area contributed by atoms with Crippen LogP contribution < -0.4 is 5.32 Å². The zero-order chi connectivity index (χ0) is 21.2. The van der Waals surface area contributed by atoms with Gasteiger partial charge in [-0.15, -0.1) is 0 Å². The molecule has 2 N–H and O–H groups in total. The van der Waals surface area contributed by atoms with Crippen LogP contribution in [-0.4, -0.2) is 15.9 Å². The minimum absolute atomic E-state index is 0.0849. The number of phenols is 1. The van der Waals surface area contributed by atoms with Crippen molar-refractivity contribution in [1.82, 2.24) is 0 Å². The van der Waals surface area contributed by atoms with Gasteiger partial charge in [0.05, 0.1) is 10.5 Å². The van der Waals surface area contributed by atoms with Gasteiger partial charge in [-0.1, -0.05) is 30.3 Å². The van der Waals surface area contributed by atoms with E-state index in [2.05, 4.69) is 5.32 Å². The molecule has 148 valence electrons. The second-order valence-electron chi connectivity index (χ2n) is 6.04. The predicted molar refractivity (Wildman–Crippen MR) is 99.6 cm³/mol. The maximum Gasteiger partial charge on any atom is 0.416 e. The zero-order valence-electron chi connectivity index (χ0n) is 14.6. The molecule has 9 heteroatoms. The molecule has 0 aliphatic heterocycles. The molecule has 1 amide bonds. The number of nitro benzene ring substituents is 1. The fourth-order valence-electron chi connectivity index (χ4n) is 2.72. The Morgan fingerprint density at radius 3 is 2.28 bits per heavy atom. The monoisotopic (exact) mass is 402 g/mol. The molecule has 0 heterocycles. The van der Waals surface area contributed by atoms with Crippen molar-refractivity contribution in [2.45, 2.75) is 6.18 Å². The number of nitro groups is 1. The number of phenolic OH excluding ortho intramolecular Hbond substituents is 1. The number of benzene rings is 3. The molecule has 0 saturated heterocycles. The smallest absolute Gasteiger partial charge is 0.416 e. The van der Waals surface area contributed by atoms with Crippen LogP contribution in [-0.2, 0) is 6.18 Å². The van der Waals surface area contributed by atoms with Crippen molar-refractivity contribution in [3.63, 3.8) is 0 Å². The van der Waals surface area contributed by atoms with E-state index in [4.69, 9.17) is 0 Å². The maximum atomic E-state index is 12.8. The number of hydrogen-bond donors (Lipinski definition) is 2. The van der Waals surface area contributed by atoms with Crippen LogP contribution in [0.15, 0.2) is 66.7 Å². The molecule has 0 unspecified atom stereocenters. The summed E-state index contributed by atoms with van der Waals surface area (Å²) in [6.45, 7) is 0. The summed E-state index contributed by atoms with van der Waals surface area (Å²) in [5.41, 5.74) is -0.324. The van der Waals surface area contributed by atoms with E-state index in [1.807, 2.05) is 0 Å². The molecule has 0 atom stereocenters. The van der Waals surface area contributed by atoms with Gasteiger partial charge in [-0.05, 0) is 41.5 Å². The highest BCUT2D eigenvalue weighted by molar-refractivity contribution is 6.08. The minimum Gasteiger partial charge on any atom is -0.502 e. The van der Waals surface area contributed by atoms with Crippen molar-refractivity contribution in [3.05, 3.63) is 88.0 Å². The van der Waals surface area contributed by atoms with Crippen LogP contribution >= 0.6 is 0 Å². The van der Waals surface area contributed by atoms with Gasteiger partial charge in [0.15, 0.2) is 5.75 Å². The summed E-state index contributed by atoms with van der Waals surface area (Å²) in [4.78, 5) is 22.8. The molecule has 0 saturated carbocycles. The summed E-state index contributed by atoms with van der Waals surface area (Å²) in [7, 11) is 0. The molecule has 3 rings (SSSR count). The van der Waals surface area contributed by atoms with Gasteiger partial charge in [0.25, 0.3) is 5.91 Å². The first-order valence-corrected chi connectivity index (χ1v) is 8.22. The molecule has 3 aromatic rings. The van der Waals surface area contributed by atoms with Gasteiger partial charge in [0, 0.05) is 17.3 Å². The first kappa shape index (κ1) is 19.9. The standard InChI is InChI=1S/C20H13F3N2O4/c21-20(22,23)13-7-5-12(6-8-13)15-3-1-2-4-16(15)19(27)24-14-9-10-18(26)17(11-14)25(28)29/h1-11,26H,(H,24,27). The van der Waals surface area contributed by atoms with Crippen molar-refractivity contribution in [3.8, 4) is 16.9 Å². The number of carbonyl (C=O) groups is 1. The number of rotatable bonds is 4. The third kappa shape index (κ3) is 4.34. The quantitative estimate of drug-likeness (QED) is 0.355. The third-order valence-corrected chi connectivity index (χ3v) is 4.12. The number of nitrogens with zero attached hydrogens (tertiary/aromatic N) is 1. The highest BCUT2D eigenvalue weighted by Crippen LogP contribution is 2.32. The van der Waals surface area contributed by atoms with Gasteiger partial charge in [-0.25, -0.2) is 0 Å². The fourth-order valence-corrected chi connectivity index (χ4v) is 2.72. The summed E-state index contributed by atoms with van der Waals surface area (Å²) in [6.07, 6.45) is -4.47.